The summed E-state index contributed by atoms with van der Waals surface area (Å²) in [5.74, 6) is -8.55. The van der Waals surface area contributed by atoms with E-state index in [2.05, 4.69) is 0 Å². The number of halogens is 8. The average molecular weight is 581 g/mol. The number of rotatable bonds is 17. The lowest BCUT2D eigenvalue weighted by molar-refractivity contribution is -0.165. The Balaban J connectivity index is 1.95. The summed E-state index contributed by atoms with van der Waals surface area (Å²) < 4.78 is 123. The van der Waals surface area contributed by atoms with Gasteiger partial charge in [0, 0.05) is 39.3 Å². The van der Waals surface area contributed by atoms with Crippen molar-refractivity contribution < 1.29 is 54.1 Å². The van der Waals surface area contributed by atoms with Crippen LogP contribution in [-0.4, -0.2) is 137 Å². The Kier molecular flexibility index (Phi) is 14.4. The normalized spacial score (nSPS) is 20.8. The largest absolute Gasteiger partial charge is 0.379 e. The minimum absolute atomic E-state index is 0.244. The van der Waals surface area contributed by atoms with Crippen LogP contribution < -0.4 is 0 Å². The van der Waals surface area contributed by atoms with E-state index in [0.717, 1.165) is 0 Å². The van der Waals surface area contributed by atoms with E-state index in [9.17, 15) is 35.1 Å². The summed E-state index contributed by atoms with van der Waals surface area (Å²) in [6, 6.07) is 0. The lowest BCUT2D eigenvalue weighted by atomic mass is 10.3. The van der Waals surface area contributed by atoms with Gasteiger partial charge >= 0.3 is 24.7 Å². The molecule has 0 bridgehead atoms. The van der Waals surface area contributed by atoms with Crippen LogP contribution in [0.1, 0.15) is 0 Å². The average Bonchev–Trinajstić information content (AvgIpc) is 2.83. The second kappa shape index (κ2) is 16.1. The van der Waals surface area contributed by atoms with Crippen LogP contribution in [0.3, 0.4) is 0 Å². The van der Waals surface area contributed by atoms with Crippen molar-refractivity contribution in [2.75, 3.05) is 92.1 Å². The predicted molar refractivity (Wildman–Crippen MR) is 121 cm³/mol. The summed E-state index contributed by atoms with van der Waals surface area (Å²) in [7, 11) is 2.48. The van der Waals surface area contributed by atoms with Crippen molar-refractivity contribution in [3.8, 4) is 0 Å². The van der Waals surface area contributed by atoms with Crippen molar-refractivity contribution >= 4 is 21.6 Å². The topological polar surface area (TPSA) is 43.4 Å². The molecule has 2 heterocycles. The highest BCUT2D eigenvalue weighted by Gasteiger charge is 2.42. The smallest absolute Gasteiger partial charge is 0.330 e. The lowest BCUT2D eigenvalue weighted by Gasteiger charge is -2.32. The van der Waals surface area contributed by atoms with E-state index in [1.165, 1.54) is 21.6 Å². The Morgan fingerprint density at radius 1 is 0.639 bits per heavy atom. The number of ether oxygens (including phenoxy) is 4. The fourth-order valence-electron chi connectivity index (χ4n) is 3.30. The maximum Gasteiger partial charge on any atom is 0.330 e. The quantitative estimate of drug-likeness (QED) is 0.191. The highest BCUT2D eigenvalue weighted by Crippen LogP contribution is 2.34. The zero-order valence-corrected chi connectivity index (χ0v) is 21.2. The molecule has 0 aromatic carbocycles. The highest BCUT2D eigenvalue weighted by atomic mass is 33.1. The first kappa shape index (κ1) is 32.1. The van der Waals surface area contributed by atoms with Crippen LogP contribution in [0.25, 0.3) is 0 Å². The van der Waals surface area contributed by atoms with Gasteiger partial charge in [0.2, 0.25) is 0 Å². The van der Waals surface area contributed by atoms with Gasteiger partial charge in [0.15, 0.2) is 0 Å². The Bertz CT molecular complexity index is 554. The first-order chi connectivity index (χ1) is 17.0. The van der Waals surface area contributed by atoms with Crippen molar-refractivity contribution in [3.63, 3.8) is 0 Å². The third-order valence-electron chi connectivity index (χ3n) is 5.29. The van der Waals surface area contributed by atoms with Gasteiger partial charge in [-0.15, -0.1) is 0 Å². The lowest BCUT2D eigenvalue weighted by Crippen LogP contribution is -2.43. The predicted octanol–water partition coefficient (Wildman–Crippen LogP) is 3.60. The zero-order chi connectivity index (χ0) is 26.6. The standard InChI is InChI=1S/C20H32F8N2O4S2/c21-17(22)19(25,26)13-33-11-15(9-29-1-5-31-6-2-29)35-36-16(10-30-3-7-32-8-4-30)12-34-14-20(27,28)18(23)24/h15-18H,1-14H2. The van der Waals surface area contributed by atoms with E-state index >= 15 is 0 Å². The monoisotopic (exact) mass is 580 g/mol. The number of morpholine rings is 2. The molecule has 6 nitrogen and oxygen atoms in total. The third kappa shape index (κ3) is 12.2. The Morgan fingerprint density at radius 3 is 1.28 bits per heavy atom. The minimum Gasteiger partial charge on any atom is -0.379 e. The van der Waals surface area contributed by atoms with Gasteiger partial charge in [-0.3, -0.25) is 9.80 Å². The van der Waals surface area contributed by atoms with E-state index < -0.39 is 48.4 Å². The molecular formula is C20H32F8N2O4S2. The van der Waals surface area contributed by atoms with Crippen LogP contribution in [0, 0.1) is 0 Å². The van der Waals surface area contributed by atoms with Gasteiger partial charge in [0.1, 0.15) is 13.2 Å². The molecule has 2 unspecified atom stereocenters. The summed E-state index contributed by atoms with van der Waals surface area (Å²) in [5, 5.41) is -0.840. The molecule has 2 atom stereocenters. The van der Waals surface area contributed by atoms with Crippen molar-refractivity contribution in [2.24, 2.45) is 0 Å². The fraction of sp³-hybridized carbons (Fsp3) is 1.00. The molecule has 0 spiro atoms. The van der Waals surface area contributed by atoms with Crippen molar-refractivity contribution in [1.82, 2.24) is 9.80 Å². The molecule has 16 heteroatoms. The third-order valence-corrected chi connectivity index (χ3v) is 8.49. The summed E-state index contributed by atoms with van der Waals surface area (Å²) in [6.07, 6.45) is -7.70. The van der Waals surface area contributed by atoms with Crippen LogP contribution in [-0.2, 0) is 18.9 Å². The van der Waals surface area contributed by atoms with Gasteiger partial charge in [0.05, 0.1) is 50.1 Å². The van der Waals surface area contributed by atoms with Crippen molar-refractivity contribution in [1.29, 1.82) is 0 Å². The van der Waals surface area contributed by atoms with Crippen molar-refractivity contribution in [2.45, 2.75) is 35.2 Å². The first-order valence-corrected chi connectivity index (χ1v) is 13.7. The number of nitrogens with zero attached hydrogens (tertiary/aromatic N) is 2. The van der Waals surface area contributed by atoms with E-state index in [1.54, 1.807) is 0 Å². The second-order valence-electron chi connectivity index (χ2n) is 8.42. The summed E-state index contributed by atoms with van der Waals surface area (Å²) in [6.45, 7) is 1.77. The van der Waals surface area contributed by atoms with Crippen molar-refractivity contribution in [3.05, 3.63) is 0 Å². The van der Waals surface area contributed by atoms with Gasteiger partial charge in [-0.05, 0) is 0 Å². The Hall–Kier alpha value is -0.100. The van der Waals surface area contributed by atoms with Crippen LogP contribution in [0.4, 0.5) is 35.1 Å². The maximum atomic E-state index is 13.3. The molecule has 2 aliphatic rings. The van der Waals surface area contributed by atoms with E-state index in [0.29, 0.717) is 65.7 Å². The molecule has 0 saturated carbocycles. The Labute approximate surface area is 213 Å². The first-order valence-electron chi connectivity index (χ1n) is 11.4. The molecule has 0 aliphatic carbocycles. The molecule has 214 valence electrons. The maximum absolute atomic E-state index is 13.3. The molecule has 0 N–H and O–H groups in total. The molecule has 2 saturated heterocycles. The van der Waals surface area contributed by atoms with E-state index in [4.69, 9.17) is 18.9 Å². The number of alkyl halides is 8. The molecule has 0 aromatic heterocycles. The molecule has 2 fully saturated rings. The molecule has 0 aromatic rings. The fourth-order valence-corrected chi connectivity index (χ4v) is 6.10. The van der Waals surface area contributed by atoms with E-state index in [1.807, 2.05) is 9.80 Å². The van der Waals surface area contributed by atoms with Crippen LogP contribution >= 0.6 is 21.6 Å². The molecule has 36 heavy (non-hydrogen) atoms. The Morgan fingerprint density at radius 2 is 0.972 bits per heavy atom. The molecule has 0 amide bonds. The molecular weight excluding hydrogens is 548 g/mol. The number of hydrogen-bond acceptors (Lipinski definition) is 8. The van der Waals surface area contributed by atoms with Gasteiger partial charge in [-0.1, -0.05) is 21.6 Å². The SMILES string of the molecule is FC(F)C(F)(F)COCC(CN1CCOCC1)SSC(COCC(F)(F)C(F)F)CN1CCOCC1. The summed E-state index contributed by atoms with van der Waals surface area (Å²) >= 11 is 0. The molecule has 0 radical (unpaired) electrons. The van der Waals surface area contributed by atoms with Gasteiger partial charge < -0.3 is 18.9 Å². The molecule has 2 rings (SSSR count). The van der Waals surface area contributed by atoms with Gasteiger partial charge in [-0.2, -0.15) is 17.6 Å². The highest BCUT2D eigenvalue weighted by molar-refractivity contribution is 8.77. The second-order valence-corrected chi connectivity index (χ2v) is 11.3. The van der Waals surface area contributed by atoms with Crippen LogP contribution in [0.15, 0.2) is 0 Å². The van der Waals surface area contributed by atoms with Crippen LogP contribution in [0.2, 0.25) is 0 Å². The number of hydrogen-bond donors (Lipinski definition) is 0. The summed E-state index contributed by atoms with van der Waals surface area (Å²) in [4.78, 5) is 4.04. The van der Waals surface area contributed by atoms with Gasteiger partial charge in [0.25, 0.3) is 0 Å². The minimum atomic E-state index is -4.27. The summed E-state index contributed by atoms with van der Waals surface area (Å²) in [5.41, 5.74) is 0. The van der Waals surface area contributed by atoms with Gasteiger partial charge in [-0.25, -0.2) is 17.6 Å². The van der Waals surface area contributed by atoms with Crippen LogP contribution in [0.5, 0.6) is 0 Å². The zero-order valence-electron chi connectivity index (χ0n) is 19.6. The molecule has 2 aliphatic heterocycles. The van der Waals surface area contributed by atoms with E-state index in [-0.39, 0.29) is 13.2 Å².